The van der Waals surface area contributed by atoms with Crippen LogP contribution < -0.4 is 0 Å². The van der Waals surface area contributed by atoms with E-state index in [2.05, 4.69) is 19.0 Å². The van der Waals surface area contributed by atoms with E-state index in [1.165, 1.54) is 38.5 Å². The molecule has 1 aromatic carbocycles. The number of hydrogen-bond donors (Lipinski definition) is 2. The summed E-state index contributed by atoms with van der Waals surface area (Å²) in [6, 6.07) is 7.26. The zero-order valence-electron chi connectivity index (χ0n) is 16.0. The maximum absolute atomic E-state index is 11.5. The molecular weight excluding hydrogens is 310 g/mol. The summed E-state index contributed by atoms with van der Waals surface area (Å²) in [4.78, 5) is 2.19. The Hall–Kier alpha value is -1.06. The number of rotatable bonds is 6. The molecule has 2 aliphatic carbocycles. The van der Waals surface area contributed by atoms with Gasteiger partial charge in [0, 0.05) is 12.5 Å². The van der Waals surface area contributed by atoms with E-state index in [-0.39, 0.29) is 11.7 Å². The molecule has 0 spiro atoms. The maximum atomic E-state index is 11.5. The van der Waals surface area contributed by atoms with E-state index < -0.39 is 5.60 Å². The van der Waals surface area contributed by atoms with Crippen LogP contribution in [0.15, 0.2) is 24.3 Å². The Balaban J connectivity index is 1.69. The minimum Gasteiger partial charge on any atom is -0.508 e. The zero-order chi connectivity index (χ0) is 17.9. The summed E-state index contributed by atoms with van der Waals surface area (Å²) in [5.74, 6) is 2.17. The van der Waals surface area contributed by atoms with Crippen molar-refractivity contribution in [1.29, 1.82) is 0 Å². The largest absolute Gasteiger partial charge is 0.508 e. The molecule has 3 nitrogen and oxygen atoms in total. The van der Waals surface area contributed by atoms with Crippen molar-refractivity contribution in [3.05, 3.63) is 29.8 Å². The van der Waals surface area contributed by atoms with Crippen LogP contribution in [0.2, 0.25) is 0 Å². The molecular formula is C22H35NO2. The fourth-order valence-corrected chi connectivity index (χ4v) is 5.20. The number of hydrogen-bond acceptors (Lipinski definition) is 3. The van der Waals surface area contributed by atoms with Crippen molar-refractivity contribution in [3.63, 3.8) is 0 Å². The Morgan fingerprint density at radius 2 is 1.80 bits per heavy atom. The third-order valence-corrected chi connectivity index (χ3v) is 6.62. The van der Waals surface area contributed by atoms with E-state index >= 15 is 0 Å². The normalized spacial score (nSPS) is 30.9. The first-order chi connectivity index (χ1) is 12.0. The lowest BCUT2D eigenvalue weighted by Gasteiger charge is -2.45. The third kappa shape index (κ3) is 4.57. The molecule has 0 aromatic heterocycles. The molecule has 3 rings (SSSR count). The predicted molar refractivity (Wildman–Crippen MR) is 103 cm³/mol. The molecule has 0 saturated heterocycles. The summed E-state index contributed by atoms with van der Waals surface area (Å²) in [5.41, 5.74) is 0.0703. The fourth-order valence-electron chi connectivity index (χ4n) is 5.20. The van der Waals surface area contributed by atoms with Gasteiger partial charge < -0.3 is 15.1 Å². The van der Waals surface area contributed by atoms with Gasteiger partial charge in [0.2, 0.25) is 0 Å². The number of benzene rings is 1. The van der Waals surface area contributed by atoms with Crippen LogP contribution in [0.25, 0.3) is 0 Å². The van der Waals surface area contributed by atoms with Crippen molar-refractivity contribution in [1.82, 2.24) is 4.90 Å². The summed E-state index contributed by atoms with van der Waals surface area (Å²) in [6.45, 7) is 0.895. The molecule has 0 amide bonds. The Morgan fingerprint density at radius 3 is 2.48 bits per heavy atom. The van der Waals surface area contributed by atoms with Gasteiger partial charge in [0.1, 0.15) is 5.75 Å². The first kappa shape index (κ1) is 18.7. The Labute approximate surface area is 153 Å². The highest BCUT2D eigenvalue weighted by atomic mass is 16.3. The smallest absolute Gasteiger partial charge is 0.115 e. The number of phenolic OH excluding ortho intramolecular Hbond substituents is 1. The molecule has 2 N–H and O–H groups in total. The van der Waals surface area contributed by atoms with E-state index in [1.54, 1.807) is 12.1 Å². The molecule has 2 saturated carbocycles. The molecule has 3 heteroatoms. The van der Waals surface area contributed by atoms with Gasteiger partial charge >= 0.3 is 0 Å². The van der Waals surface area contributed by atoms with Crippen molar-refractivity contribution >= 4 is 0 Å². The lowest BCUT2D eigenvalue weighted by Crippen LogP contribution is -2.45. The second-order valence-corrected chi connectivity index (χ2v) is 8.80. The van der Waals surface area contributed by atoms with Crippen LogP contribution in [0.4, 0.5) is 0 Å². The van der Waals surface area contributed by atoms with Gasteiger partial charge in [-0.25, -0.2) is 0 Å². The molecule has 2 fully saturated rings. The van der Waals surface area contributed by atoms with Gasteiger partial charge in [0.05, 0.1) is 5.60 Å². The van der Waals surface area contributed by atoms with Crippen LogP contribution in [0.1, 0.15) is 63.4 Å². The second-order valence-electron chi connectivity index (χ2n) is 8.80. The van der Waals surface area contributed by atoms with Crippen LogP contribution in [-0.4, -0.2) is 35.8 Å². The predicted octanol–water partition coefficient (Wildman–Crippen LogP) is 4.53. The van der Waals surface area contributed by atoms with E-state index in [9.17, 15) is 10.2 Å². The summed E-state index contributed by atoms with van der Waals surface area (Å²) >= 11 is 0. The van der Waals surface area contributed by atoms with Crippen molar-refractivity contribution in [2.75, 3.05) is 20.6 Å². The SMILES string of the molecule is CN(C)CC1CC(CCC2CCCC2)CCC1(O)c1cccc(O)c1. The first-order valence-electron chi connectivity index (χ1n) is 10.1. The third-order valence-electron chi connectivity index (χ3n) is 6.62. The van der Waals surface area contributed by atoms with E-state index in [4.69, 9.17) is 0 Å². The molecule has 2 aliphatic rings. The monoisotopic (exact) mass is 345 g/mol. The summed E-state index contributed by atoms with van der Waals surface area (Å²) < 4.78 is 0. The Kier molecular flexibility index (Phi) is 6.06. The number of aliphatic hydroxyl groups is 1. The van der Waals surface area contributed by atoms with Gasteiger partial charge in [0.25, 0.3) is 0 Å². The molecule has 0 bridgehead atoms. The van der Waals surface area contributed by atoms with Gasteiger partial charge in [-0.15, -0.1) is 0 Å². The van der Waals surface area contributed by atoms with E-state index in [0.29, 0.717) is 0 Å². The summed E-state index contributed by atoms with van der Waals surface area (Å²) in [5, 5.41) is 21.4. The van der Waals surface area contributed by atoms with Gasteiger partial charge in [0.15, 0.2) is 0 Å². The fraction of sp³-hybridized carbons (Fsp3) is 0.727. The minimum atomic E-state index is -0.813. The Bertz CT molecular complexity index is 553. The van der Waals surface area contributed by atoms with Crippen LogP contribution in [0.5, 0.6) is 5.75 Å². The van der Waals surface area contributed by atoms with Gasteiger partial charge in [-0.05, 0) is 62.9 Å². The van der Waals surface area contributed by atoms with Crippen molar-refractivity contribution in [3.8, 4) is 5.75 Å². The molecule has 1 aromatic rings. The highest BCUT2D eigenvalue weighted by Crippen LogP contribution is 2.46. The second kappa shape index (κ2) is 8.09. The average Bonchev–Trinajstić information content (AvgIpc) is 3.09. The highest BCUT2D eigenvalue weighted by molar-refractivity contribution is 5.32. The quantitative estimate of drug-likeness (QED) is 0.796. The maximum Gasteiger partial charge on any atom is 0.115 e. The molecule has 140 valence electrons. The zero-order valence-corrected chi connectivity index (χ0v) is 16.0. The van der Waals surface area contributed by atoms with E-state index in [0.717, 1.165) is 43.2 Å². The lowest BCUT2D eigenvalue weighted by atomic mass is 9.66. The van der Waals surface area contributed by atoms with Crippen LogP contribution in [0, 0.1) is 17.8 Å². The van der Waals surface area contributed by atoms with Gasteiger partial charge in [-0.1, -0.05) is 50.7 Å². The average molecular weight is 346 g/mol. The lowest BCUT2D eigenvalue weighted by molar-refractivity contribution is -0.0767. The summed E-state index contributed by atoms with van der Waals surface area (Å²) in [7, 11) is 4.18. The Morgan fingerprint density at radius 1 is 1.08 bits per heavy atom. The molecule has 25 heavy (non-hydrogen) atoms. The van der Waals surface area contributed by atoms with Crippen molar-refractivity contribution < 1.29 is 10.2 Å². The van der Waals surface area contributed by atoms with Crippen LogP contribution >= 0.6 is 0 Å². The topological polar surface area (TPSA) is 43.7 Å². The van der Waals surface area contributed by atoms with Gasteiger partial charge in [-0.3, -0.25) is 0 Å². The van der Waals surface area contributed by atoms with Crippen LogP contribution in [-0.2, 0) is 5.60 Å². The number of aromatic hydroxyl groups is 1. The van der Waals surface area contributed by atoms with Crippen molar-refractivity contribution in [2.24, 2.45) is 17.8 Å². The molecule has 0 aliphatic heterocycles. The van der Waals surface area contributed by atoms with Gasteiger partial charge in [-0.2, -0.15) is 0 Å². The molecule has 3 atom stereocenters. The van der Waals surface area contributed by atoms with Crippen molar-refractivity contribution in [2.45, 2.75) is 63.4 Å². The first-order valence-corrected chi connectivity index (χ1v) is 10.1. The highest BCUT2D eigenvalue weighted by Gasteiger charge is 2.43. The summed E-state index contributed by atoms with van der Waals surface area (Å²) in [6.07, 6.45) is 11.4. The minimum absolute atomic E-state index is 0.228. The number of phenols is 1. The molecule has 3 unspecified atom stereocenters. The van der Waals surface area contributed by atoms with Crippen LogP contribution in [0.3, 0.4) is 0 Å². The standard InChI is InChI=1S/C22H35NO2/c1-23(2)16-20-14-18(11-10-17-6-3-4-7-17)12-13-22(20,25)19-8-5-9-21(24)15-19/h5,8-9,15,17-18,20,24-25H,3-4,6-7,10-14,16H2,1-2H3. The number of nitrogens with zero attached hydrogens (tertiary/aromatic N) is 1. The molecule has 0 radical (unpaired) electrons. The molecule has 0 heterocycles. The van der Waals surface area contributed by atoms with E-state index in [1.807, 2.05) is 12.1 Å².